The van der Waals surface area contributed by atoms with E-state index in [1.165, 1.54) is 0 Å². The molecule has 0 saturated carbocycles. The van der Waals surface area contributed by atoms with Crippen LogP contribution >= 0.6 is 11.6 Å². The summed E-state index contributed by atoms with van der Waals surface area (Å²) >= 11 is 5.60. The monoisotopic (exact) mass is 462 g/mol. The predicted molar refractivity (Wildman–Crippen MR) is 130 cm³/mol. The van der Waals surface area contributed by atoms with Crippen LogP contribution < -0.4 is 16.0 Å². The normalized spacial score (nSPS) is 13.5. The van der Waals surface area contributed by atoms with Gasteiger partial charge in [-0.25, -0.2) is 0 Å². The highest BCUT2D eigenvalue weighted by molar-refractivity contribution is 6.35. The van der Waals surface area contributed by atoms with Crippen molar-refractivity contribution < 1.29 is 14.4 Å². The molecule has 4 N–H and O–H groups in total. The van der Waals surface area contributed by atoms with Gasteiger partial charge in [-0.15, -0.1) is 11.6 Å². The number of rotatable bonds is 6. The molecular formula is C25H23ClN4O3. The number of benzene rings is 2. The van der Waals surface area contributed by atoms with E-state index < -0.39 is 0 Å². The number of nitrogens with one attached hydrogen (secondary N) is 4. The van der Waals surface area contributed by atoms with Crippen molar-refractivity contribution in [2.24, 2.45) is 0 Å². The lowest BCUT2D eigenvalue weighted by Gasteiger charge is -2.07. The van der Waals surface area contributed by atoms with Gasteiger partial charge in [0.05, 0.1) is 11.3 Å². The molecule has 0 unspecified atom stereocenters. The van der Waals surface area contributed by atoms with Crippen molar-refractivity contribution in [3.8, 4) is 0 Å². The Labute approximate surface area is 196 Å². The number of hydrogen-bond acceptors (Lipinski definition) is 3. The van der Waals surface area contributed by atoms with Crippen LogP contribution in [0.1, 0.15) is 38.4 Å². The molecule has 0 atom stereocenters. The van der Waals surface area contributed by atoms with E-state index in [2.05, 4.69) is 20.9 Å². The molecule has 3 aromatic rings. The fourth-order valence-electron chi connectivity index (χ4n) is 3.78. The number of halogens is 1. The van der Waals surface area contributed by atoms with Crippen molar-refractivity contribution in [3.63, 3.8) is 0 Å². The molecule has 3 amide bonds. The zero-order chi connectivity index (χ0) is 23.5. The summed E-state index contributed by atoms with van der Waals surface area (Å²) in [5.41, 5.74) is 6.05. The van der Waals surface area contributed by atoms with Crippen LogP contribution in [0.5, 0.6) is 0 Å². The third-order valence-electron chi connectivity index (χ3n) is 5.51. The zero-order valence-corrected chi connectivity index (χ0v) is 19.0. The van der Waals surface area contributed by atoms with Crippen LogP contribution in [0.3, 0.4) is 0 Å². The summed E-state index contributed by atoms with van der Waals surface area (Å²) in [6.07, 6.45) is 1.73. The van der Waals surface area contributed by atoms with Crippen molar-refractivity contribution >= 4 is 52.3 Å². The minimum atomic E-state index is -0.309. The molecule has 0 radical (unpaired) electrons. The molecule has 0 bridgehead atoms. The second-order valence-corrected chi connectivity index (χ2v) is 8.05. The third-order valence-corrected chi connectivity index (χ3v) is 5.75. The van der Waals surface area contributed by atoms with Gasteiger partial charge in [0.25, 0.3) is 11.8 Å². The first-order valence-electron chi connectivity index (χ1n) is 10.4. The highest BCUT2D eigenvalue weighted by Crippen LogP contribution is 2.35. The number of H-pyrrole nitrogens is 1. The summed E-state index contributed by atoms with van der Waals surface area (Å²) in [6.45, 7) is 4.09. The van der Waals surface area contributed by atoms with Crippen molar-refractivity contribution in [1.29, 1.82) is 0 Å². The van der Waals surface area contributed by atoms with Gasteiger partial charge in [-0.2, -0.15) is 0 Å². The molecule has 0 spiro atoms. The molecule has 0 aliphatic carbocycles. The smallest absolute Gasteiger partial charge is 0.256 e. The van der Waals surface area contributed by atoms with Crippen LogP contribution in [0.25, 0.3) is 11.6 Å². The van der Waals surface area contributed by atoms with Gasteiger partial charge in [-0.3, -0.25) is 14.4 Å². The highest BCUT2D eigenvalue weighted by atomic mass is 35.5. The first-order chi connectivity index (χ1) is 15.9. The molecule has 168 valence electrons. The van der Waals surface area contributed by atoms with Crippen LogP contribution in [-0.4, -0.2) is 28.6 Å². The summed E-state index contributed by atoms with van der Waals surface area (Å²) in [6, 6.07) is 14.8. The van der Waals surface area contributed by atoms with Gasteiger partial charge in [-0.1, -0.05) is 30.3 Å². The van der Waals surface area contributed by atoms with E-state index in [1.54, 1.807) is 24.3 Å². The maximum absolute atomic E-state index is 12.7. The molecule has 1 aliphatic heterocycles. The number of amides is 3. The molecule has 0 fully saturated rings. The summed E-state index contributed by atoms with van der Waals surface area (Å²) < 4.78 is 0. The summed E-state index contributed by atoms with van der Waals surface area (Å²) in [5.74, 6) is -0.940. The van der Waals surface area contributed by atoms with E-state index in [0.29, 0.717) is 40.3 Å². The second kappa shape index (κ2) is 9.34. The molecule has 4 rings (SSSR count). The molecule has 0 saturated heterocycles. The number of carbonyl (C=O) groups is 3. The van der Waals surface area contributed by atoms with Gasteiger partial charge in [-0.05, 0) is 49.2 Å². The minimum Gasteiger partial charge on any atom is -0.357 e. The largest absolute Gasteiger partial charge is 0.357 e. The molecular weight excluding hydrogens is 440 g/mol. The van der Waals surface area contributed by atoms with E-state index in [1.807, 2.05) is 44.2 Å². The van der Waals surface area contributed by atoms with Crippen LogP contribution in [-0.2, 0) is 16.1 Å². The van der Waals surface area contributed by atoms with E-state index in [-0.39, 0.29) is 23.6 Å². The van der Waals surface area contributed by atoms with Crippen molar-refractivity contribution in [2.45, 2.75) is 20.4 Å². The van der Waals surface area contributed by atoms with Crippen LogP contribution in [0.2, 0.25) is 0 Å². The SMILES string of the molecule is Cc1[nH]c(/C=C2\C(=O)Nc3ccc(C(=O)NCc4ccccc4)cc32)c(C)c1NC(=O)CCl. The Balaban J connectivity index is 1.61. The average molecular weight is 463 g/mol. The molecule has 8 heteroatoms. The molecule has 1 aliphatic rings. The number of alkyl halides is 1. The van der Waals surface area contributed by atoms with Gasteiger partial charge >= 0.3 is 0 Å². The Morgan fingerprint density at radius 2 is 1.85 bits per heavy atom. The Morgan fingerprint density at radius 1 is 1.09 bits per heavy atom. The highest BCUT2D eigenvalue weighted by Gasteiger charge is 2.26. The molecule has 1 aromatic heterocycles. The van der Waals surface area contributed by atoms with Crippen molar-refractivity contribution in [2.75, 3.05) is 16.5 Å². The van der Waals surface area contributed by atoms with Gasteiger partial charge in [0.15, 0.2) is 0 Å². The number of aryl methyl sites for hydroxylation is 1. The molecule has 7 nitrogen and oxygen atoms in total. The third kappa shape index (κ3) is 4.68. The average Bonchev–Trinajstić information content (AvgIpc) is 3.27. The number of carbonyl (C=O) groups excluding carboxylic acids is 3. The lowest BCUT2D eigenvalue weighted by atomic mass is 10.0. The number of aromatic amines is 1. The Bertz CT molecular complexity index is 1280. The van der Waals surface area contributed by atoms with Gasteiger partial charge in [0.1, 0.15) is 5.88 Å². The maximum atomic E-state index is 12.7. The van der Waals surface area contributed by atoms with E-state index >= 15 is 0 Å². The van der Waals surface area contributed by atoms with Crippen molar-refractivity contribution in [3.05, 3.63) is 82.2 Å². The Morgan fingerprint density at radius 3 is 2.58 bits per heavy atom. The van der Waals surface area contributed by atoms with E-state index in [0.717, 1.165) is 16.8 Å². The minimum absolute atomic E-state index is 0.147. The maximum Gasteiger partial charge on any atom is 0.256 e. The lowest BCUT2D eigenvalue weighted by Crippen LogP contribution is -2.22. The Hall–Kier alpha value is -3.84. The van der Waals surface area contributed by atoms with Crippen LogP contribution in [0.15, 0.2) is 48.5 Å². The lowest BCUT2D eigenvalue weighted by molar-refractivity contribution is -0.114. The van der Waals surface area contributed by atoms with Gasteiger partial charge in [0.2, 0.25) is 5.91 Å². The summed E-state index contributed by atoms with van der Waals surface area (Å²) in [7, 11) is 0. The standard InChI is InChI=1S/C25H23ClN4O3/c1-14-21(28-15(2)23(14)30-22(31)12-26)11-19-18-10-17(8-9-20(18)29-25(19)33)24(32)27-13-16-6-4-3-5-7-16/h3-11,28H,12-13H2,1-2H3,(H,27,32)(H,29,33)(H,30,31)/b19-11-. The summed E-state index contributed by atoms with van der Waals surface area (Å²) in [4.78, 5) is 40.3. The fraction of sp³-hybridized carbons (Fsp3) is 0.160. The number of anilines is 2. The molecule has 2 heterocycles. The molecule has 2 aromatic carbocycles. The van der Waals surface area contributed by atoms with Gasteiger partial charge < -0.3 is 20.9 Å². The predicted octanol–water partition coefficient (Wildman–Crippen LogP) is 4.23. The Kier molecular flexibility index (Phi) is 6.33. The van der Waals surface area contributed by atoms with Crippen LogP contribution in [0, 0.1) is 13.8 Å². The van der Waals surface area contributed by atoms with E-state index in [9.17, 15) is 14.4 Å². The first kappa shape index (κ1) is 22.4. The second-order valence-electron chi connectivity index (χ2n) is 7.79. The quantitative estimate of drug-likeness (QED) is 0.325. The number of fused-ring (bicyclic) bond motifs is 1. The molecule has 33 heavy (non-hydrogen) atoms. The van der Waals surface area contributed by atoms with E-state index in [4.69, 9.17) is 11.6 Å². The van der Waals surface area contributed by atoms with Gasteiger partial charge in [0, 0.05) is 34.7 Å². The number of hydrogen-bond donors (Lipinski definition) is 4. The zero-order valence-electron chi connectivity index (χ0n) is 18.2. The fourth-order valence-corrected chi connectivity index (χ4v) is 3.84. The van der Waals surface area contributed by atoms with Crippen molar-refractivity contribution in [1.82, 2.24) is 10.3 Å². The number of aromatic nitrogens is 1. The topological polar surface area (TPSA) is 103 Å². The van der Waals surface area contributed by atoms with Crippen LogP contribution in [0.4, 0.5) is 11.4 Å². The first-order valence-corrected chi connectivity index (χ1v) is 11.0. The summed E-state index contributed by atoms with van der Waals surface area (Å²) in [5, 5.41) is 8.51.